The van der Waals surface area contributed by atoms with Crippen LogP contribution in [0.4, 0.5) is 0 Å². The van der Waals surface area contributed by atoms with Crippen LogP contribution in [0.1, 0.15) is 18.5 Å². The van der Waals surface area contributed by atoms with E-state index in [2.05, 4.69) is 30.1 Å². The Hall–Kier alpha value is -1.89. The molecule has 7 heteroatoms. The van der Waals surface area contributed by atoms with Crippen molar-refractivity contribution in [2.75, 3.05) is 13.1 Å². The largest absolute Gasteiger partial charge is 1.00 e. The van der Waals surface area contributed by atoms with Crippen LogP contribution in [0.2, 0.25) is 0 Å². The molecule has 0 aliphatic carbocycles. The lowest BCUT2D eigenvalue weighted by Gasteiger charge is -2.13. The van der Waals surface area contributed by atoms with E-state index in [0.717, 1.165) is 24.4 Å². The van der Waals surface area contributed by atoms with Gasteiger partial charge in [0.2, 0.25) is 5.96 Å². The molecule has 0 spiro atoms. The van der Waals surface area contributed by atoms with Crippen molar-refractivity contribution in [1.29, 1.82) is 0 Å². The van der Waals surface area contributed by atoms with Gasteiger partial charge < -0.3 is 27.6 Å². The van der Waals surface area contributed by atoms with Crippen molar-refractivity contribution in [2.24, 2.45) is 23.0 Å². The number of fused-ring (bicyclic) bond motifs is 1. The average Bonchev–Trinajstić information content (AvgIpc) is 3.09. The number of imidazole rings is 1. The molecule has 3 rings (SSSR count). The third kappa shape index (κ3) is 3.24. The van der Waals surface area contributed by atoms with Crippen molar-refractivity contribution in [3.8, 4) is 0 Å². The van der Waals surface area contributed by atoms with Gasteiger partial charge in [-0.3, -0.25) is 0 Å². The molecule has 0 bridgehead atoms. The first-order valence-corrected chi connectivity index (χ1v) is 6.83. The summed E-state index contributed by atoms with van der Waals surface area (Å²) in [4.78, 5) is 2.06. The number of halogens is 1. The van der Waals surface area contributed by atoms with E-state index >= 15 is 0 Å². The number of rotatable bonds is 2. The van der Waals surface area contributed by atoms with Gasteiger partial charge in [0.25, 0.3) is 5.65 Å². The number of pyridine rings is 1. The Bertz CT molecular complexity index is 669. The number of likely N-dealkylation sites (tertiary alicyclic amines) is 1. The van der Waals surface area contributed by atoms with Crippen molar-refractivity contribution in [3.05, 3.63) is 36.3 Å². The Balaban J connectivity index is 0.00000161. The van der Waals surface area contributed by atoms with Gasteiger partial charge in [-0.05, 0) is 18.9 Å². The van der Waals surface area contributed by atoms with E-state index in [-0.39, 0.29) is 17.0 Å². The first-order valence-electron chi connectivity index (χ1n) is 6.83. The summed E-state index contributed by atoms with van der Waals surface area (Å²) in [6.07, 6.45) is 8.12. The third-order valence-corrected chi connectivity index (χ3v) is 3.65. The summed E-state index contributed by atoms with van der Waals surface area (Å²) in [5.74, 6) is 0.505. The molecule has 1 aliphatic heterocycles. The molecule has 1 fully saturated rings. The Kier molecular flexibility index (Phi) is 4.95. The number of hydrogen-bond acceptors (Lipinski definition) is 2. The summed E-state index contributed by atoms with van der Waals surface area (Å²) in [6.45, 7) is 1.96. The second-order valence-corrected chi connectivity index (χ2v) is 4.98. The van der Waals surface area contributed by atoms with Crippen LogP contribution >= 0.6 is 0 Å². The molecule has 0 saturated carbocycles. The SMILES string of the molecule is Cn1c(/C=N/N=C(\N)N2CCCC2)c[n+]2ccccc12.[Br-]. The smallest absolute Gasteiger partial charge is 0.286 e. The van der Waals surface area contributed by atoms with Gasteiger partial charge in [0.15, 0.2) is 5.69 Å². The van der Waals surface area contributed by atoms with Crippen LogP contribution < -0.4 is 27.1 Å². The number of hydrogen-bond donors (Lipinski definition) is 1. The van der Waals surface area contributed by atoms with Crippen molar-refractivity contribution >= 4 is 17.8 Å². The minimum Gasteiger partial charge on any atom is -1.00 e. The lowest BCUT2D eigenvalue weighted by molar-refractivity contribution is -0.510. The van der Waals surface area contributed by atoms with Gasteiger partial charge in [-0.1, -0.05) is 6.07 Å². The minimum absolute atomic E-state index is 0. The fourth-order valence-electron chi connectivity index (χ4n) is 2.48. The summed E-state index contributed by atoms with van der Waals surface area (Å²) >= 11 is 0. The highest BCUT2D eigenvalue weighted by molar-refractivity contribution is 5.81. The summed E-state index contributed by atoms with van der Waals surface area (Å²) < 4.78 is 4.11. The molecule has 0 unspecified atom stereocenters. The Morgan fingerprint density at radius 3 is 2.81 bits per heavy atom. The van der Waals surface area contributed by atoms with Crippen molar-refractivity contribution in [2.45, 2.75) is 12.8 Å². The number of aryl methyl sites for hydroxylation is 1. The second-order valence-electron chi connectivity index (χ2n) is 4.98. The summed E-state index contributed by atoms with van der Waals surface area (Å²) in [7, 11) is 2.00. The highest BCUT2D eigenvalue weighted by Gasteiger charge is 2.13. The third-order valence-electron chi connectivity index (χ3n) is 3.65. The quantitative estimate of drug-likeness (QED) is 0.282. The standard InChI is InChI=1S/C14H19N6.BrH/c1-18-12(11-20-9-3-2-6-13(18)20)10-16-17-14(15)19-7-4-5-8-19;/h2-3,6,9-11H,4-5,7-8H2,1H3,(H2,15,17);1H/q+1;/p-1/b16-10+;. The van der Waals surface area contributed by atoms with Crippen molar-refractivity contribution in [3.63, 3.8) is 0 Å². The van der Waals surface area contributed by atoms with Crippen LogP contribution in [-0.2, 0) is 7.05 Å². The number of nitrogens with zero attached hydrogens (tertiary/aromatic N) is 5. The molecule has 0 atom stereocenters. The van der Waals surface area contributed by atoms with Gasteiger partial charge in [-0.15, -0.1) is 5.10 Å². The number of aromatic nitrogens is 2. The van der Waals surface area contributed by atoms with Gasteiger partial charge in [-0.25, -0.2) is 8.97 Å². The zero-order chi connectivity index (χ0) is 13.9. The van der Waals surface area contributed by atoms with Crippen LogP contribution in [-0.4, -0.2) is 34.7 Å². The van der Waals surface area contributed by atoms with E-state index < -0.39 is 0 Å². The molecule has 1 aliphatic rings. The van der Waals surface area contributed by atoms with Gasteiger partial charge in [-0.2, -0.15) is 5.10 Å². The van der Waals surface area contributed by atoms with Crippen LogP contribution in [0, 0.1) is 0 Å². The second kappa shape index (κ2) is 6.71. The fraction of sp³-hybridized carbons (Fsp3) is 0.357. The molecule has 0 radical (unpaired) electrons. The van der Waals surface area contributed by atoms with Crippen molar-refractivity contribution < 1.29 is 21.4 Å². The van der Waals surface area contributed by atoms with Crippen LogP contribution in [0.15, 0.2) is 40.8 Å². The molecule has 2 aromatic heterocycles. The molecule has 0 amide bonds. The molecule has 2 aromatic rings. The highest BCUT2D eigenvalue weighted by Crippen LogP contribution is 2.06. The first kappa shape index (κ1) is 15.5. The average molecular weight is 351 g/mol. The van der Waals surface area contributed by atoms with Gasteiger partial charge in [0, 0.05) is 19.2 Å². The van der Waals surface area contributed by atoms with Crippen molar-refractivity contribution in [1.82, 2.24) is 9.47 Å². The number of nitrogens with two attached hydrogens (primary N) is 1. The van der Waals surface area contributed by atoms with Gasteiger partial charge in [0.1, 0.15) is 12.4 Å². The van der Waals surface area contributed by atoms with Crippen LogP contribution in [0.3, 0.4) is 0 Å². The molecule has 2 N–H and O–H groups in total. The van der Waals surface area contributed by atoms with Crippen LogP contribution in [0.5, 0.6) is 0 Å². The van der Waals surface area contributed by atoms with E-state index in [1.54, 1.807) is 6.21 Å². The zero-order valence-electron chi connectivity index (χ0n) is 12.0. The van der Waals surface area contributed by atoms with E-state index in [1.165, 1.54) is 12.8 Å². The normalized spacial score (nSPS) is 15.9. The molecule has 3 heterocycles. The maximum absolute atomic E-state index is 5.91. The zero-order valence-corrected chi connectivity index (χ0v) is 13.6. The first-order chi connectivity index (χ1) is 9.75. The number of guanidine groups is 1. The molecule has 21 heavy (non-hydrogen) atoms. The predicted molar refractivity (Wildman–Crippen MR) is 78.6 cm³/mol. The maximum Gasteiger partial charge on any atom is 0.286 e. The molecule has 0 aromatic carbocycles. The lowest BCUT2D eigenvalue weighted by Crippen LogP contribution is -3.00. The molecular formula is C14H19BrN6. The van der Waals surface area contributed by atoms with Gasteiger partial charge in [0.05, 0.1) is 13.2 Å². The van der Waals surface area contributed by atoms with E-state index in [1.807, 2.05) is 31.6 Å². The minimum atomic E-state index is 0. The Morgan fingerprint density at radius 1 is 1.33 bits per heavy atom. The molecule has 112 valence electrons. The summed E-state index contributed by atoms with van der Waals surface area (Å²) in [5.41, 5.74) is 7.99. The Labute approximate surface area is 134 Å². The van der Waals surface area contributed by atoms with E-state index in [4.69, 9.17) is 5.73 Å². The monoisotopic (exact) mass is 350 g/mol. The fourth-order valence-corrected chi connectivity index (χ4v) is 2.48. The van der Waals surface area contributed by atoms with E-state index in [9.17, 15) is 0 Å². The maximum atomic E-state index is 5.91. The Morgan fingerprint density at radius 2 is 2.10 bits per heavy atom. The van der Waals surface area contributed by atoms with Gasteiger partial charge >= 0.3 is 0 Å². The molecule has 6 nitrogen and oxygen atoms in total. The highest BCUT2D eigenvalue weighted by atomic mass is 79.9. The summed E-state index contributed by atoms with van der Waals surface area (Å²) in [5, 5.41) is 8.18. The predicted octanol–water partition coefficient (Wildman–Crippen LogP) is -2.49. The topological polar surface area (TPSA) is 63.0 Å². The van der Waals surface area contributed by atoms with E-state index in [0.29, 0.717) is 5.96 Å². The lowest BCUT2D eigenvalue weighted by atomic mass is 10.4. The summed E-state index contributed by atoms with van der Waals surface area (Å²) in [6, 6.07) is 6.07. The van der Waals surface area contributed by atoms with Crippen LogP contribution in [0.25, 0.3) is 5.65 Å². The molecule has 1 saturated heterocycles. The molecular weight excluding hydrogens is 332 g/mol.